The van der Waals surface area contributed by atoms with Crippen LogP contribution in [0.1, 0.15) is 30.7 Å². The molecule has 0 amide bonds. The second-order valence-corrected chi connectivity index (χ2v) is 22.7. The zero-order valence-electron chi connectivity index (χ0n) is 18.2. The van der Waals surface area contributed by atoms with E-state index in [2.05, 4.69) is 110 Å². The molecule has 0 unspecified atom stereocenters. The summed E-state index contributed by atoms with van der Waals surface area (Å²) in [6.45, 7) is 4.39. The van der Waals surface area contributed by atoms with Crippen molar-refractivity contribution < 1.29 is 41.9 Å². The second kappa shape index (κ2) is 9.33. The number of rotatable bonds is 3. The van der Waals surface area contributed by atoms with Crippen LogP contribution in [0.15, 0.2) is 97.1 Å². The Balaban J connectivity index is 0.00000122. The van der Waals surface area contributed by atoms with Crippen molar-refractivity contribution in [2.45, 2.75) is 21.5 Å². The van der Waals surface area contributed by atoms with Crippen molar-refractivity contribution in [3.8, 4) is 22.3 Å². The molecular weight excluding hydrogens is 483 g/mol. The second-order valence-electron chi connectivity index (χ2n) is 8.87. The van der Waals surface area contributed by atoms with Gasteiger partial charge in [0.1, 0.15) is 0 Å². The number of benzene rings is 4. The topological polar surface area (TPSA) is 0 Å². The molecule has 159 valence electrons. The molecule has 0 aromatic heterocycles. The summed E-state index contributed by atoms with van der Waals surface area (Å²) < 4.78 is 1.29. The van der Waals surface area contributed by atoms with Gasteiger partial charge in [0.05, 0.1) is 0 Å². The number of halogens is 2. The molecule has 2 aliphatic carbocycles. The summed E-state index contributed by atoms with van der Waals surface area (Å²) in [6, 6.07) is 37.0. The Morgan fingerprint density at radius 3 is 0.969 bits per heavy atom. The van der Waals surface area contributed by atoms with E-state index >= 15 is 0 Å². The average Bonchev–Trinajstić information content (AvgIpc) is 3.29. The number of fused-ring (bicyclic) bond motifs is 6. The smallest absolute Gasteiger partial charge is 1.00 e. The maximum atomic E-state index is 2.63. The van der Waals surface area contributed by atoms with Crippen LogP contribution in [0.25, 0.3) is 22.3 Å². The van der Waals surface area contributed by atoms with E-state index < -0.39 is 23.8 Å². The summed E-state index contributed by atoms with van der Waals surface area (Å²) in [5, 5.41) is 0. The van der Waals surface area contributed by atoms with Gasteiger partial charge < -0.3 is 24.8 Å². The van der Waals surface area contributed by atoms with E-state index in [9.17, 15) is 0 Å². The van der Waals surface area contributed by atoms with Crippen LogP contribution in [0.2, 0.25) is 13.1 Å². The number of hydrogen-bond donors (Lipinski definition) is 0. The zero-order chi connectivity index (χ0) is 20.2. The SMILES string of the molecule is C[SiH](C)[Ti+2]([CH]1c2ccccc2-c2ccccc21)[CH]1c2ccccc2-c2ccccc21.[Cl-].[Cl-]. The van der Waals surface area contributed by atoms with E-state index in [0.29, 0.717) is 8.45 Å². The molecule has 0 saturated carbocycles. The first-order valence-electron chi connectivity index (χ1n) is 11.0. The summed E-state index contributed by atoms with van der Waals surface area (Å²) >= 11 is -1.59. The minimum Gasteiger partial charge on any atom is -1.00 e. The van der Waals surface area contributed by atoms with Crippen molar-refractivity contribution in [2.75, 3.05) is 0 Å². The van der Waals surface area contributed by atoms with Crippen molar-refractivity contribution in [2.24, 2.45) is 0 Å². The van der Waals surface area contributed by atoms with E-state index in [1.165, 1.54) is 22.3 Å². The molecular formula is C28H25Cl2SiTi. The monoisotopic (exact) mass is 507 g/mol. The predicted molar refractivity (Wildman–Crippen MR) is 126 cm³/mol. The van der Waals surface area contributed by atoms with Crippen molar-refractivity contribution in [1.29, 1.82) is 0 Å². The van der Waals surface area contributed by atoms with E-state index in [1.807, 2.05) is 0 Å². The van der Waals surface area contributed by atoms with Gasteiger partial charge in [-0.3, -0.25) is 0 Å². The van der Waals surface area contributed by atoms with Crippen LogP contribution in [0.5, 0.6) is 0 Å². The Kier molecular flexibility index (Phi) is 6.87. The van der Waals surface area contributed by atoms with Crippen molar-refractivity contribution in [3.05, 3.63) is 119 Å². The van der Waals surface area contributed by atoms with Gasteiger partial charge in [0.15, 0.2) is 0 Å². The van der Waals surface area contributed by atoms with Gasteiger partial charge in [-0.05, 0) is 0 Å². The average molecular weight is 508 g/mol. The van der Waals surface area contributed by atoms with E-state index in [0.717, 1.165) is 0 Å². The normalized spacial score (nSPS) is 13.5. The Labute approximate surface area is 210 Å². The van der Waals surface area contributed by atoms with Crippen LogP contribution in [-0.4, -0.2) is 6.66 Å². The Hall–Kier alpha value is -1.61. The molecule has 4 heteroatoms. The van der Waals surface area contributed by atoms with Gasteiger partial charge in [0.2, 0.25) is 0 Å². The fourth-order valence-corrected chi connectivity index (χ4v) is 20.7. The Bertz CT molecular complexity index is 1080. The third kappa shape index (κ3) is 3.47. The standard InChI is InChI=1S/2C13H9.C2H7Si.2ClH.Ti/c2*1-3-7-12-10(5-1)9-11-6-2-4-8-13(11)12;1-3-2;;;/h2*1-9H;3H,1-2H3;2*1H;/q;;;;;+2/p-2. The molecule has 0 bridgehead atoms. The summed E-state index contributed by atoms with van der Waals surface area (Å²) in [6.07, 6.45) is 0. The summed E-state index contributed by atoms with van der Waals surface area (Å²) in [4.78, 5) is 0. The van der Waals surface area contributed by atoms with Gasteiger partial charge >= 0.3 is 187 Å². The van der Waals surface area contributed by atoms with Gasteiger partial charge in [-0.1, -0.05) is 0 Å². The van der Waals surface area contributed by atoms with Gasteiger partial charge in [-0.15, -0.1) is 0 Å². The summed E-state index contributed by atoms with van der Waals surface area (Å²) in [5.74, 6) is 0. The maximum Gasteiger partial charge on any atom is -1.00 e. The zero-order valence-corrected chi connectivity index (χ0v) is 22.5. The molecule has 0 atom stereocenters. The molecule has 4 aromatic carbocycles. The third-order valence-corrected chi connectivity index (χ3v) is 21.4. The quantitative estimate of drug-likeness (QED) is 0.365. The predicted octanol–water partition coefficient (Wildman–Crippen LogP) is 1.14. The summed E-state index contributed by atoms with van der Waals surface area (Å²) in [5.41, 5.74) is 12.4. The maximum absolute atomic E-state index is 2.63. The molecule has 0 N–H and O–H groups in total. The molecule has 6 rings (SSSR count). The Morgan fingerprint density at radius 1 is 0.469 bits per heavy atom. The molecule has 0 spiro atoms. The molecule has 2 aliphatic rings. The van der Waals surface area contributed by atoms with Gasteiger partial charge in [-0.25, -0.2) is 0 Å². The van der Waals surface area contributed by atoms with Crippen LogP contribution in [-0.2, 0) is 17.1 Å². The molecule has 0 radical (unpaired) electrons. The van der Waals surface area contributed by atoms with Crippen molar-refractivity contribution in [1.82, 2.24) is 0 Å². The van der Waals surface area contributed by atoms with Crippen LogP contribution >= 0.6 is 0 Å². The molecule has 32 heavy (non-hydrogen) atoms. The molecule has 4 aromatic rings. The largest absolute Gasteiger partial charge is 1.00 e. The molecule has 0 aliphatic heterocycles. The van der Waals surface area contributed by atoms with Crippen LogP contribution in [0, 0.1) is 0 Å². The first-order chi connectivity index (χ1) is 14.8. The minimum absolute atomic E-state index is 0. The molecule has 0 nitrogen and oxygen atoms in total. The van der Waals surface area contributed by atoms with Crippen LogP contribution in [0.4, 0.5) is 0 Å². The first kappa shape index (κ1) is 23.5. The minimum atomic E-state index is -1.59. The molecule has 0 heterocycles. The van der Waals surface area contributed by atoms with Gasteiger partial charge in [0.25, 0.3) is 0 Å². The van der Waals surface area contributed by atoms with Crippen LogP contribution in [0.3, 0.4) is 0 Å². The first-order valence-corrected chi connectivity index (χ1v) is 18.4. The van der Waals surface area contributed by atoms with Crippen molar-refractivity contribution >= 4 is 6.66 Å². The van der Waals surface area contributed by atoms with Crippen LogP contribution < -0.4 is 24.8 Å². The molecule has 0 fully saturated rings. The fraction of sp³-hybridized carbons (Fsp3) is 0.143. The number of hydrogen-bond acceptors (Lipinski definition) is 0. The van der Waals surface area contributed by atoms with E-state index in [1.54, 1.807) is 22.3 Å². The Morgan fingerprint density at radius 2 is 0.719 bits per heavy atom. The van der Waals surface area contributed by atoms with Gasteiger partial charge in [-0.2, -0.15) is 0 Å². The van der Waals surface area contributed by atoms with Gasteiger partial charge in [0, 0.05) is 0 Å². The van der Waals surface area contributed by atoms with E-state index in [-0.39, 0.29) is 24.8 Å². The van der Waals surface area contributed by atoms with E-state index in [4.69, 9.17) is 0 Å². The third-order valence-electron chi connectivity index (χ3n) is 7.00. The van der Waals surface area contributed by atoms with Crippen molar-refractivity contribution in [3.63, 3.8) is 0 Å². The molecule has 0 saturated heterocycles. The fourth-order valence-electron chi connectivity index (χ4n) is 5.86. The summed E-state index contributed by atoms with van der Waals surface area (Å²) in [7, 11) is 0.